The van der Waals surface area contributed by atoms with Crippen LogP contribution in [0.15, 0.2) is 24.0 Å². The first-order valence-electron chi connectivity index (χ1n) is 12.2. The smallest absolute Gasteiger partial charge is 0.352 e. The Morgan fingerprint density at radius 1 is 1.32 bits per heavy atom. The number of rotatable bonds is 7. The number of benzene rings is 1. The molecule has 1 saturated heterocycles. The molecule has 2 aliphatic heterocycles. The van der Waals surface area contributed by atoms with Gasteiger partial charge in [0.2, 0.25) is 0 Å². The van der Waals surface area contributed by atoms with Crippen molar-refractivity contribution in [2.24, 2.45) is 5.73 Å². The Bertz CT molecular complexity index is 1150. The first-order valence-corrected chi connectivity index (χ1v) is 12.2. The largest absolute Gasteiger partial charge is 0.493 e. The highest BCUT2D eigenvalue weighted by Gasteiger charge is 2.69. The zero-order valence-corrected chi connectivity index (χ0v) is 21.6. The number of hydrogen-bond acceptors (Lipinski definition) is 10. The minimum absolute atomic E-state index is 0.207. The SMILES string of the molecule is COc1ccc(C)c2c1O[C@H]1C(OC(=O)[C@H](C)OC(=O)C[C@H](N)C(=O)O)=CC[C@@]3(O)[C@@H](C)N(C)CC[C@]213. The van der Waals surface area contributed by atoms with Crippen molar-refractivity contribution in [2.45, 2.75) is 75.3 Å². The number of hydrogen-bond donors (Lipinski definition) is 3. The number of aliphatic hydroxyl groups is 1. The Kier molecular flexibility index (Phi) is 7.00. The summed E-state index contributed by atoms with van der Waals surface area (Å²) in [7, 11) is 3.51. The fraction of sp³-hybridized carbons (Fsp3) is 0.577. The molecule has 0 radical (unpaired) electrons. The van der Waals surface area contributed by atoms with E-state index in [4.69, 9.17) is 29.8 Å². The van der Waals surface area contributed by atoms with E-state index in [1.54, 1.807) is 19.3 Å². The normalized spacial score (nSPS) is 30.0. The summed E-state index contributed by atoms with van der Waals surface area (Å²) in [4.78, 5) is 38.0. The van der Waals surface area contributed by atoms with Crippen LogP contribution in [0.5, 0.6) is 11.5 Å². The summed E-state index contributed by atoms with van der Waals surface area (Å²) < 4.78 is 22.8. The van der Waals surface area contributed by atoms with Gasteiger partial charge in [0.1, 0.15) is 11.8 Å². The summed E-state index contributed by atoms with van der Waals surface area (Å²) in [6.45, 7) is 5.94. The van der Waals surface area contributed by atoms with Gasteiger partial charge in [-0.05, 0) is 58.5 Å². The summed E-state index contributed by atoms with van der Waals surface area (Å²) in [5.41, 5.74) is 5.00. The lowest BCUT2D eigenvalue weighted by molar-refractivity contribution is -0.172. The maximum absolute atomic E-state index is 12.9. The van der Waals surface area contributed by atoms with Crippen molar-refractivity contribution in [1.29, 1.82) is 0 Å². The Morgan fingerprint density at radius 2 is 2.03 bits per heavy atom. The van der Waals surface area contributed by atoms with E-state index in [0.29, 0.717) is 24.5 Å². The van der Waals surface area contributed by atoms with E-state index < -0.39 is 53.6 Å². The number of likely N-dealkylation sites (N-methyl/N-ethyl adjacent to an activating group) is 1. The van der Waals surface area contributed by atoms with Crippen LogP contribution in [0.1, 0.15) is 44.2 Å². The van der Waals surface area contributed by atoms with E-state index >= 15 is 0 Å². The van der Waals surface area contributed by atoms with Crippen LogP contribution in [0.3, 0.4) is 0 Å². The number of carbonyl (C=O) groups excluding carboxylic acids is 2. The van der Waals surface area contributed by atoms with Gasteiger partial charge < -0.3 is 39.8 Å². The molecule has 0 bridgehead atoms. The topological polar surface area (TPSA) is 158 Å². The molecule has 3 aliphatic rings. The molecule has 1 aromatic carbocycles. The van der Waals surface area contributed by atoms with Crippen molar-refractivity contribution in [1.82, 2.24) is 4.90 Å². The van der Waals surface area contributed by atoms with Crippen molar-refractivity contribution < 1.29 is 43.5 Å². The number of piperidine rings is 1. The van der Waals surface area contributed by atoms with Crippen molar-refractivity contribution in [3.05, 3.63) is 35.1 Å². The third-order valence-electron chi connectivity index (χ3n) is 8.10. The lowest BCUT2D eigenvalue weighted by Gasteiger charge is -2.58. The lowest BCUT2D eigenvalue weighted by atomic mass is 9.54. The highest BCUT2D eigenvalue weighted by atomic mass is 16.6. The number of ether oxygens (including phenoxy) is 4. The van der Waals surface area contributed by atoms with Crippen LogP contribution in [0.4, 0.5) is 0 Å². The number of carbonyl (C=O) groups is 3. The van der Waals surface area contributed by atoms with E-state index in [1.165, 1.54) is 6.92 Å². The molecule has 11 nitrogen and oxygen atoms in total. The first-order chi connectivity index (χ1) is 17.4. The molecule has 11 heteroatoms. The number of aliphatic carboxylic acids is 1. The number of aryl methyl sites for hydroxylation is 1. The van der Waals surface area contributed by atoms with Gasteiger partial charge in [-0.3, -0.25) is 9.59 Å². The van der Waals surface area contributed by atoms with Gasteiger partial charge in [0.25, 0.3) is 0 Å². The van der Waals surface area contributed by atoms with Gasteiger partial charge in [-0.25, -0.2) is 4.79 Å². The lowest BCUT2D eigenvalue weighted by Crippen LogP contribution is -2.71. The van der Waals surface area contributed by atoms with E-state index in [2.05, 4.69) is 4.90 Å². The van der Waals surface area contributed by atoms with Crippen LogP contribution in [0.25, 0.3) is 0 Å². The highest BCUT2D eigenvalue weighted by Crippen LogP contribution is 2.62. The third kappa shape index (κ3) is 4.14. The Labute approximate surface area is 215 Å². The summed E-state index contributed by atoms with van der Waals surface area (Å²) >= 11 is 0. The number of nitrogens with zero attached hydrogens (tertiary/aromatic N) is 1. The van der Waals surface area contributed by atoms with E-state index in [1.807, 2.05) is 27.0 Å². The molecule has 4 N–H and O–H groups in total. The molecule has 1 spiro atoms. The molecule has 0 saturated carbocycles. The van der Waals surface area contributed by atoms with Gasteiger partial charge >= 0.3 is 17.9 Å². The highest BCUT2D eigenvalue weighted by molar-refractivity contribution is 5.84. The van der Waals surface area contributed by atoms with Crippen LogP contribution in [-0.2, 0) is 29.3 Å². The minimum Gasteiger partial charge on any atom is -0.493 e. The Hall–Kier alpha value is -3.15. The van der Waals surface area contributed by atoms with Gasteiger partial charge in [0.05, 0.1) is 24.5 Å². The van der Waals surface area contributed by atoms with Gasteiger partial charge in [-0.1, -0.05) is 6.07 Å². The van der Waals surface area contributed by atoms with E-state index in [9.17, 15) is 19.5 Å². The number of likely N-dealkylation sites (tertiary alicyclic amines) is 1. The molecule has 1 aliphatic carbocycles. The fourth-order valence-corrected chi connectivity index (χ4v) is 5.91. The number of carboxylic acids is 1. The Morgan fingerprint density at radius 3 is 2.68 bits per heavy atom. The summed E-state index contributed by atoms with van der Waals surface area (Å²) in [5.74, 6) is -1.90. The van der Waals surface area contributed by atoms with Gasteiger partial charge in [-0.2, -0.15) is 0 Å². The summed E-state index contributed by atoms with van der Waals surface area (Å²) in [6.07, 6.45) is -0.320. The van der Waals surface area contributed by atoms with Crippen molar-refractivity contribution in [2.75, 3.05) is 20.7 Å². The van der Waals surface area contributed by atoms with E-state index in [0.717, 1.165) is 11.1 Å². The molecule has 0 amide bonds. The molecule has 2 heterocycles. The molecule has 0 unspecified atom stereocenters. The molecule has 4 rings (SSSR count). The van der Waals surface area contributed by atoms with Crippen LogP contribution < -0.4 is 15.2 Å². The number of esters is 2. The molecular weight excluding hydrogens is 484 g/mol. The number of carboxylic acid groups (broad SMARTS) is 1. The third-order valence-corrected chi connectivity index (χ3v) is 8.10. The van der Waals surface area contributed by atoms with Crippen molar-refractivity contribution in [3.8, 4) is 11.5 Å². The van der Waals surface area contributed by atoms with Crippen molar-refractivity contribution in [3.63, 3.8) is 0 Å². The molecule has 1 fully saturated rings. The van der Waals surface area contributed by atoms with Gasteiger partial charge in [0.15, 0.2) is 23.7 Å². The second kappa shape index (κ2) is 9.62. The molecule has 202 valence electrons. The average molecular weight is 519 g/mol. The Balaban J connectivity index is 1.66. The van der Waals surface area contributed by atoms with Crippen LogP contribution in [0.2, 0.25) is 0 Å². The zero-order chi connectivity index (χ0) is 27.3. The first kappa shape index (κ1) is 26.9. The monoisotopic (exact) mass is 518 g/mol. The molecule has 37 heavy (non-hydrogen) atoms. The summed E-state index contributed by atoms with van der Waals surface area (Å²) in [5, 5.41) is 21.1. The second-order valence-corrected chi connectivity index (χ2v) is 10.1. The quantitative estimate of drug-likeness (QED) is 0.443. The fourth-order valence-electron chi connectivity index (χ4n) is 5.91. The number of fused-ring (bicyclic) bond motifs is 1. The number of methoxy groups -OCH3 is 1. The predicted molar refractivity (Wildman–Crippen MR) is 130 cm³/mol. The van der Waals surface area contributed by atoms with Crippen LogP contribution in [0, 0.1) is 6.92 Å². The molecule has 1 aromatic rings. The predicted octanol–water partition coefficient (Wildman–Crippen LogP) is 1.02. The summed E-state index contributed by atoms with van der Waals surface area (Å²) in [6, 6.07) is 2.06. The van der Waals surface area contributed by atoms with Crippen LogP contribution >= 0.6 is 0 Å². The van der Waals surface area contributed by atoms with Crippen LogP contribution in [-0.4, -0.2) is 83.6 Å². The standard InChI is InChI=1S/C26H34N2O9/c1-13-6-7-17(34-5)21-20(13)25-10-11-28(4)15(3)26(25,33)9-8-18(22(25)37-21)36-24(32)14(2)35-19(29)12-16(27)23(30)31/h6-8,14-16,22,33H,9-12,27H2,1-5H3,(H,30,31)/t14-,15+,16-,22-,25-,26+/m0/s1. The molecular formula is C26H34N2O9. The maximum atomic E-state index is 12.9. The van der Waals surface area contributed by atoms with E-state index in [-0.39, 0.29) is 18.2 Å². The van der Waals surface area contributed by atoms with Gasteiger partial charge in [0, 0.05) is 18.0 Å². The average Bonchev–Trinajstić information content (AvgIpc) is 3.21. The maximum Gasteiger partial charge on any atom is 0.352 e. The zero-order valence-electron chi connectivity index (χ0n) is 21.6. The minimum atomic E-state index is -1.44. The van der Waals surface area contributed by atoms with Crippen molar-refractivity contribution >= 4 is 17.9 Å². The number of nitrogens with two attached hydrogens (primary N) is 1. The molecule has 6 atom stereocenters. The molecule has 0 aromatic heterocycles. The van der Waals surface area contributed by atoms with Gasteiger partial charge in [-0.15, -0.1) is 0 Å². The second-order valence-electron chi connectivity index (χ2n) is 10.1.